The van der Waals surface area contributed by atoms with Crippen molar-refractivity contribution >= 4 is 34.8 Å². The zero-order valence-corrected chi connectivity index (χ0v) is 25.0. The van der Waals surface area contributed by atoms with Crippen molar-refractivity contribution in [1.29, 1.82) is 5.26 Å². The SMILES string of the molecule is COc1cc(C(N)O)ccc1NC(=O)[C@@H]1N[C@@H](CC(C)(C)C)[C@](C#N)(c2ccc(Cl)cc2F)[C@H]1c1cccc(Cl)c1F. The van der Waals surface area contributed by atoms with Crippen molar-refractivity contribution in [2.24, 2.45) is 11.1 Å². The van der Waals surface area contributed by atoms with Crippen LogP contribution in [0.25, 0.3) is 0 Å². The minimum atomic E-state index is -1.76. The Morgan fingerprint density at radius 2 is 1.93 bits per heavy atom. The van der Waals surface area contributed by atoms with E-state index in [2.05, 4.69) is 16.7 Å². The van der Waals surface area contributed by atoms with E-state index in [1.54, 1.807) is 0 Å². The van der Waals surface area contributed by atoms with E-state index in [0.29, 0.717) is 12.0 Å². The molecule has 1 unspecified atom stereocenters. The average Bonchev–Trinajstić information content (AvgIpc) is 3.23. The summed E-state index contributed by atoms with van der Waals surface area (Å²) >= 11 is 12.3. The van der Waals surface area contributed by atoms with Crippen LogP contribution in [0.5, 0.6) is 5.75 Å². The number of aliphatic hydroxyl groups is 1. The fraction of sp³-hybridized carbons (Fsp3) is 0.355. The first-order chi connectivity index (χ1) is 19.7. The zero-order chi connectivity index (χ0) is 31.0. The van der Waals surface area contributed by atoms with Gasteiger partial charge in [-0.25, -0.2) is 8.78 Å². The number of halogens is 4. The molecule has 1 amide bonds. The summed E-state index contributed by atoms with van der Waals surface area (Å²) < 4.78 is 37.0. The van der Waals surface area contributed by atoms with Gasteiger partial charge in [0.15, 0.2) is 0 Å². The number of methoxy groups -OCH3 is 1. The number of ether oxygens (including phenoxy) is 1. The molecular weight excluding hydrogens is 585 g/mol. The van der Waals surface area contributed by atoms with E-state index in [0.717, 1.165) is 6.07 Å². The quantitative estimate of drug-likeness (QED) is 0.235. The van der Waals surface area contributed by atoms with Gasteiger partial charge in [-0.2, -0.15) is 5.26 Å². The van der Waals surface area contributed by atoms with Gasteiger partial charge in [-0.05, 0) is 53.3 Å². The van der Waals surface area contributed by atoms with Crippen LogP contribution in [0.3, 0.4) is 0 Å². The normalized spacial score (nSPS) is 22.8. The Bertz CT molecular complexity index is 1540. The second-order valence-electron chi connectivity index (χ2n) is 11.6. The van der Waals surface area contributed by atoms with Crippen molar-refractivity contribution in [2.75, 3.05) is 12.4 Å². The van der Waals surface area contributed by atoms with E-state index in [1.165, 1.54) is 55.6 Å². The number of anilines is 1. The van der Waals surface area contributed by atoms with Crippen LogP contribution >= 0.6 is 23.2 Å². The minimum absolute atomic E-state index is 0.0176. The number of hydrogen-bond acceptors (Lipinski definition) is 6. The number of benzene rings is 3. The summed E-state index contributed by atoms with van der Waals surface area (Å²) in [6.07, 6.45) is -0.934. The van der Waals surface area contributed by atoms with Gasteiger partial charge in [0.1, 0.15) is 29.0 Å². The Kier molecular flexibility index (Phi) is 9.17. The molecule has 1 heterocycles. The molecule has 5 N–H and O–H groups in total. The molecule has 0 aromatic heterocycles. The number of carbonyl (C=O) groups is 1. The van der Waals surface area contributed by atoms with E-state index >= 15 is 8.78 Å². The molecule has 3 aromatic rings. The number of aliphatic hydroxyl groups excluding tert-OH is 1. The van der Waals surface area contributed by atoms with Crippen LogP contribution in [-0.4, -0.2) is 30.2 Å². The number of nitrogens with one attached hydrogen (secondary N) is 2. The van der Waals surface area contributed by atoms with Crippen molar-refractivity contribution in [1.82, 2.24) is 5.32 Å². The first kappa shape index (κ1) is 31.7. The molecule has 0 aliphatic carbocycles. The molecular formula is C31H32Cl2F2N4O3. The standard InChI is InChI=1S/C31H32Cl2F2N4O3/c1-30(2,3)14-24-31(15-36,19-10-9-17(32)13-21(19)34)25(18-6-5-7-20(33)26(18)35)27(39-24)29(41)38-22-11-8-16(28(37)40)12-23(22)42-4/h5-13,24-25,27-28,39-40H,14,37H2,1-4H3,(H,38,41)/t24-,25-,27+,28?,31-/m0/s1. The summed E-state index contributed by atoms with van der Waals surface area (Å²) in [5.41, 5.74) is 4.00. The average molecular weight is 618 g/mol. The highest BCUT2D eigenvalue weighted by molar-refractivity contribution is 6.31. The number of nitrogens with zero attached hydrogens (tertiary/aromatic N) is 1. The lowest BCUT2D eigenvalue weighted by Gasteiger charge is -2.37. The number of rotatable bonds is 7. The summed E-state index contributed by atoms with van der Waals surface area (Å²) in [5.74, 6) is -3.19. The molecule has 3 aromatic carbocycles. The van der Waals surface area contributed by atoms with Gasteiger partial charge in [-0.15, -0.1) is 0 Å². The Labute approximate surface area is 253 Å². The van der Waals surface area contributed by atoms with Gasteiger partial charge >= 0.3 is 0 Å². The van der Waals surface area contributed by atoms with E-state index in [-0.39, 0.29) is 38.0 Å². The molecule has 1 saturated heterocycles. The van der Waals surface area contributed by atoms with Crippen molar-refractivity contribution < 1.29 is 23.4 Å². The monoisotopic (exact) mass is 616 g/mol. The van der Waals surface area contributed by atoms with Gasteiger partial charge in [-0.1, -0.05) is 68.2 Å². The van der Waals surface area contributed by atoms with Crippen molar-refractivity contribution in [3.8, 4) is 11.8 Å². The lowest BCUT2D eigenvalue weighted by atomic mass is 9.62. The van der Waals surface area contributed by atoms with E-state index in [1.807, 2.05) is 20.8 Å². The van der Waals surface area contributed by atoms with Gasteiger partial charge in [0.2, 0.25) is 5.91 Å². The number of nitriles is 1. The second-order valence-corrected chi connectivity index (χ2v) is 12.4. The Morgan fingerprint density at radius 1 is 1.21 bits per heavy atom. The number of amides is 1. The van der Waals surface area contributed by atoms with Crippen LogP contribution in [0.1, 0.15) is 56.0 Å². The molecule has 1 aliphatic heterocycles. The maximum absolute atomic E-state index is 15.8. The van der Waals surface area contributed by atoms with Gasteiger partial charge in [0.05, 0.1) is 29.9 Å². The van der Waals surface area contributed by atoms with Crippen LogP contribution in [0.4, 0.5) is 14.5 Å². The molecule has 7 nitrogen and oxygen atoms in total. The van der Waals surface area contributed by atoms with Gasteiger partial charge in [0.25, 0.3) is 0 Å². The topological polar surface area (TPSA) is 120 Å². The molecule has 42 heavy (non-hydrogen) atoms. The summed E-state index contributed by atoms with van der Waals surface area (Å²) in [5, 5.41) is 26.7. The van der Waals surface area contributed by atoms with Crippen LogP contribution in [-0.2, 0) is 10.2 Å². The maximum Gasteiger partial charge on any atom is 0.242 e. The van der Waals surface area contributed by atoms with Gasteiger partial charge < -0.3 is 26.2 Å². The van der Waals surface area contributed by atoms with E-state index < -0.39 is 47.2 Å². The lowest BCUT2D eigenvalue weighted by molar-refractivity contribution is -0.118. The fourth-order valence-electron chi connectivity index (χ4n) is 5.76. The first-order valence-corrected chi connectivity index (χ1v) is 14.0. The van der Waals surface area contributed by atoms with E-state index in [4.69, 9.17) is 33.7 Å². The highest BCUT2D eigenvalue weighted by atomic mass is 35.5. The zero-order valence-electron chi connectivity index (χ0n) is 23.5. The van der Waals surface area contributed by atoms with Crippen molar-refractivity contribution in [3.63, 3.8) is 0 Å². The molecule has 5 atom stereocenters. The second kappa shape index (κ2) is 12.2. The summed E-state index contributed by atoms with van der Waals surface area (Å²) in [4.78, 5) is 14.1. The Balaban J connectivity index is 1.94. The lowest BCUT2D eigenvalue weighted by Crippen LogP contribution is -2.45. The summed E-state index contributed by atoms with van der Waals surface area (Å²) in [6.45, 7) is 5.86. The largest absolute Gasteiger partial charge is 0.495 e. The third-order valence-corrected chi connectivity index (χ3v) is 8.08. The van der Waals surface area contributed by atoms with Crippen LogP contribution < -0.4 is 21.1 Å². The summed E-state index contributed by atoms with van der Waals surface area (Å²) in [6, 6.07) is 13.1. The molecule has 0 spiro atoms. The van der Waals surface area contributed by atoms with Crippen molar-refractivity contribution in [3.05, 3.63) is 93.0 Å². The number of nitrogens with two attached hydrogens (primary N) is 1. The summed E-state index contributed by atoms with van der Waals surface area (Å²) in [7, 11) is 1.39. The molecule has 0 bridgehead atoms. The highest BCUT2D eigenvalue weighted by Gasteiger charge is 2.61. The van der Waals surface area contributed by atoms with Gasteiger partial charge in [0, 0.05) is 22.5 Å². The fourth-order valence-corrected chi connectivity index (χ4v) is 6.10. The minimum Gasteiger partial charge on any atom is -0.495 e. The molecule has 1 fully saturated rings. The highest BCUT2D eigenvalue weighted by Crippen LogP contribution is 2.53. The molecule has 0 radical (unpaired) electrons. The molecule has 222 valence electrons. The molecule has 0 saturated carbocycles. The maximum atomic E-state index is 15.8. The van der Waals surface area contributed by atoms with Crippen LogP contribution in [0.2, 0.25) is 10.0 Å². The third kappa shape index (κ3) is 5.96. The Morgan fingerprint density at radius 3 is 2.52 bits per heavy atom. The Hall–Kier alpha value is -3.26. The van der Waals surface area contributed by atoms with Crippen LogP contribution in [0.15, 0.2) is 54.6 Å². The smallest absolute Gasteiger partial charge is 0.242 e. The third-order valence-electron chi connectivity index (χ3n) is 7.56. The molecule has 4 rings (SSSR count). The van der Waals surface area contributed by atoms with Crippen LogP contribution in [0, 0.1) is 28.4 Å². The number of hydrogen-bond donors (Lipinski definition) is 4. The predicted molar refractivity (Wildman–Crippen MR) is 158 cm³/mol. The van der Waals surface area contributed by atoms with E-state index in [9.17, 15) is 15.2 Å². The van der Waals surface area contributed by atoms with Crippen molar-refractivity contribution in [2.45, 2.75) is 56.8 Å². The molecule has 11 heteroatoms. The molecule has 1 aliphatic rings. The predicted octanol–water partition coefficient (Wildman–Crippen LogP) is 6.19. The van der Waals surface area contributed by atoms with Gasteiger partial charge in [-0.3, -0.25) is 4.79 Å². The number of carbonyl (C=O) groups excluding carboxylic acids is 1. The first-order valence-electron chi connectivity index (χ1n) is 13.2.